The van der Waals surface area contributed by atoms with Gasteiger partial charge in [-0.3, -0.25) is 14.5 Å². The molecule has 0 spiro atoms. The summed E-state index contributed by atoms with van der Waals surface area (Å²) in [6, 6.07) is 13.2. The van der Waals surface area contributed by atoms with Gasteiger partial charge in [-0.05, 0) is 49.6 Å². The number of benzene rings is 2. The lowest BCUT2D eigenvalue weighted by Gasteiger charge is -2.14. The van der Waals surface area contributed by atoms with Gasteiger partial charge in [0.15, 0.2) is 0 Å². The first-order valence-electron chi connectivity index (χ1n) is 9.22. The van der Waals surface area contributed by atoms with E-state index in [4.69, 9.17) is 23.8 Å². The highest BCUT2D eigenvalue weighted by Crippen LogP contribution is 2.33. The molecule has 1 aliphatic heterocycles. The van der Waals surface area contributed by atoms with E-state index in [2.05, 4.69) is 5.32 Å². The lowest BCUT2D eigenvalue weighted by molar-refractivity contribution is -0.122. The summed E-state index contributed by atoms with van der Waals surface area (Å²) in [6.07, 6.45) is 2.60. The molecule has 29 heavy (non-hydrogen) atoms. The maximum absolute atomic E-state index is 12.7. The molecule has 0 aromatic heterocycles. The van der Waals surface area contributed by atoms with E-state index in [9.17, 15) is 9.59 Å². The first-order valence-corrected chi connectivity index (χ1v) is 10.8. The highest BCUT2D eigenvalue weighted by Gasteiger charge is 2.31. The summed E-state index contributed by atoms with van der Waals surface area (Å²) in [5, 5.41) is 3.51. The Bertz CT molecular complexity index is 1000. The van der Waals surface area contributed by atoms with Crippen molar-refractivity contribution < 1.29 is 9.59 Å². The molecular formula is C22H21ClN2O2S2. The molecule has 0 radical (unpaired) electrons. The minimum Gasteiger partial charge on any atom is -0.326 e. The topological polar surface area (TPSA) is 49.4 Å². The van der Waals surface area contributed by atoms with Gasteiger partial charge in [-0.2, -0.15) is 0 Å². The Morgan fingerprint density at radius 3 is 2.72 bits per heavy atom. The monoisotopic (exact) mass is 444 g/mol. The first kappa shape index (κ1) is 21.6. The van der Waals surface area contributed by atoms with Crippen molar-refractivity contribution >= 4 is 63.5 Å². The van der Waals surface area contributed by atoms with Crippen LogP contribution >= 0.6 is 35.6 Å². The van der Waals surface area contributed by atoms with Crippen molar-refractivity contribution in [2.45, 2.75) is 26.7 Å². The summed E-state index contributed by atoms with van der Waals surface area (Å²) in [5.74, 6) is -0.219. The number of halogens is 1. The number of thiocarbonyl (C=S) groups is 1. The number of rotatable bonds is 6. The van der Waals surface area contributed by atoms with Crippen molar-refractivity contribution in [3.63, 3.8) is 0 Å². The fourth-order valence-corrected chi connectivity index (χ4v) is 4.48. The van der Waals surface area contributed by atoms with Crippen molar-refractivity contribution in [3.8, 4) is 0 Å². The van der Waals surface area contributed by atoms with Crippen LogP contribution in [0.2, 0.25) is 5.02 Å². The van der Waals surface area contributed by atoms with Gasteiger partial charge in [-0.1, -0.05) is 71.5 Å². The lowest BCUT2D eigenvalue weighted by Crippen LogP contribution is -2.29. The minimum atomic E-state index is -0.144. The molecule has 2 amide bonds. The predicted molar refractivity (Wildman–Crippen MR) is 125 cm³/mol. The van der Waals surface area contributed by atoms with Gasteiger partial charge >= 0.3 is 0 Å². The highest BCUT2D eigenvalue weighted by molar-refractivity contribution is 8.26. The smallest absolute Gasteiger partial charge is 0.266 e. The second-order valence-corrected chi connectivity index (χ2v) is 8.91. The molecule has 1 saturated heterocycles. The average Bonchev–Trinajstić information content (AvgIpc) is 2.93. The van der Waals surface area contributed by atoms with Crippen molar-refractivity contribution in [1.29, 1.82) is 0 Å². The van der Waals surface area contributed by atoms with Gasteiger partial charge in [0.1, 0.15) is 4.32 Å². The molecule has 1 heterocycles. The van der Waals surface area contributed by atoms with Gasteiger partial charge in [0, 0.05) is 23.7 Å². The number of anilines is 1. The summed E-state index contributed by atoms with van der Waals surface area (Å²) in [5.41, 5.74) is 3.77. The summed E-state index contributed by atoms with van der Waals surface area (Å²) < 4.78 is 0.503. The van der Waals surface area contributed by atoms with E-state index in [1.165, 1.54) is 11.8 Å². The molecule has 150 valence electrons. The van der Waals surface area contributed by atoms with E-state index in [1.807, 2.05) is 50.2 Å². The number of hydrogen-bond donors (Lipinski definition) is 1. The van der Waals surface area contributed by atoms with E-state index in [1.54, 1.807) is 17.0 Å². The molecule has 0 bridgehead atoms. The standard InChI is InChI=1S/C22H21ClN2O2S2/c1-14-9-10-18(15(2)12-14)24-20(26)8-5-11-25-21(27)19(29-22(25)28)13-16-6-3-4-7-17(16)23/h3-4,6-7,9-10,12-13H,5,8,11H2,1-2H3,(H,24,26)/b19-13+. The molecule has 0 saturated carbocycles. The number of carbonyl (C=O) groups excluding carboxylic acids is 2. The van der Waals surface area contributed by atoms with Crippen LogP contribution in [0.5, 0.6) is 0 Å². The van der Waals surface area contributed by atoms with Crippen LogP contribution in [-0.2, 0) is 9.59 Å². The zero-order chi connectivity index (χ0) is 21.0. The second-order valence-electron chi connectivity index (χ2n) is 6.82. The number of nitrogens with one attached hydrogen (secondary N) is 1. The summed E-state index contributed by atoms with van der Waals surface area (Å²) in [6.45, 7) is 4.39. The van der Waals surface area contributed by atoms with Crippen LogP contribution in [0.4, 0.5) is 5.69 Å². The Hall–Kier alpha value is -2.15. The van der Waals surface area contributed by atoms with E-state index >= 15 is 0 Å². The van der Waals surface area contributed by atoms with Crippen molar-refractivity contribution in [3.05, 3.63) is 69.1 Å². The Kier molecular flexibility index (Phi) is 7.11. The molecule has 0 aliphatic carbocycles. The Morgan fingerprint density at radius 1 is 1.24 bits per heavy atom. The molecular weight excluding hydrogens is 424 g/mol. The molecule has 3 rings (SSSR count). The fraction of sp³-hybridized carbons (Fsp3) is 0.227. The number of amides is 2. The third-order valence-corrected chi connectivity index (χ3v) is 6.23. The quantitative estimate of drug-likeness (QED) is 0.467. The Labute approximate surface area is 185 Å². The van der Waals surface area contributed by atoms with E-state index < -0.39 is 0 Å². The van der Waals surface area contributed by atoms with Gasteiger partial charge in [0.2, 0.25) is 5.91 Å². The van der Waals surface area contributed by atoms with E-state index in [0.29, 0.717) is 33.6 Å². The zero-order valence-electron chi connectivity index (χ0n) is 16.2. The van der Waals surface area contributed by atoms with E-state index in [-0.39, 0.29) is 11.8 Å². The average molecular weight is 445 g/mol. The largest absolute Gasteiger partial charge is 0.326 e. The van der Waals surface area contributed by atoms with Crippen LogP contribution in [0.15, 0.2) is 47.4 Å². The molecule has 0 atom stereocenters. The van der Waals surface area contributed by atoms with Crippen LogP contribution in [0, 0.1) is 13.8 Å². The first-order chi connectivity index (χ1) is 13.8. The number of aryl methyl sites for hydroxylation is 2. The summed E-state index contributed by atoms with van der Waals surface area (Å²) >= 11 is 12.8. The van der Waals surface area contributed by atoms with Crippen LogP contribution in [0.3, 0.4) is 0 Å². The van der Waals surface area contributed by atoms with Crippen LogP contribution < -0.4 is 5.32 Å². The Morgan fingerprint density at radius 2 is 2.00 bits per heavy atom. The molecule has 0 unspecified atom stereocenters. The second kappa shape index (κ2) is 9.57. The summed E-state index contributed by atoms with van der Waals surface area (Å²) in [4.78, 5) is 27.0. The van der Waals surface area contributed by atoms with Crippen LogP contribution in [-0.4, -0.2) is 27.6 Å². The third kappa shape index (κ3) is 5.47. The predicted octanol–water partition coefficient (Wildman–Crippen LogP) is 5.58. The number of carbonyl (C=O) groups is 2. The van der Waals surface area contributed by atoms with Crippen molar-refractivity contribution in [1.82, 2.24) is 4.90 Å². The number of thioether (sulfide) groups is 1. The van der Waals surface area contributed by atoms with Crippen molar-refractivity contribution in [2.75, 3.05) is 11.9 Å². The van der Waals surface area contributed by atoms with Crippen molar-refractivity contribution in [2.24, 2.45) is 0 Å². The molecule has 2 aromatic carbocycles. The van der Waals surface area contributed by atoms with Gasteiger partial charge in [-0.15, -0.1) is 0 Å². The number of hydrogen-bond acceptors (Lipinski definition) is 4. The van der Waals surface area contributed by atoms with Gasteiger partial charge in [-0.25, -0.2) is 0 Å². The normalized spacial score (nSPS) is 15.3. The van der Waals surface area contributed by atoms with E-state index in [0.717, 1.165) is 22.4 Å². The van der Waals surface area contributed by atoms with Crippen LogP contribution in [0.25, 0.3) is 6.08 Å². The third-order valence-electron chi connectivity index (χ3n) is 4.51. The van der Waals surface area contributed by atoms with Gasteiger partial charge in [0.25, 0.3) is 5.91 Å². The van der Waals surface area contributed by atoms with Crippen LogP contribution in [0.1, 0.15) is 29.5 Å². The molecule has 4 nitrogen and oxygen atoms in total. The molecule has 1 fully saturated rings. The van der Waals surface area contributed by atoms with Gasteiger partial charge < -0.3 is 5.32 Å². The highest BCUT2D eigenvalue weighted by atomic mass is 35.5. The maximum Gasteiger partial charge on any atom is 0.266 e. The minimum absolute atomic E-state index is 0.0750. The molecule has 7 heteroatoms. The lowest BCUT2D eigenvalue weighted by atomic mass is 10.1. The number of nitrogens with zero attached hydrogens (tertiary/aromatic N) is 1. The molecule has 2 aromatic rings. The maximum atomic E-state index is 12.7. The zero-order valence-corrected chi connectivity index (χ0v) is 18.6. The molecule has 1 aliphatic rings. The summed E-state index contributed by atoms with van der Waals surface area (Å²) in [7, 11) is 0. The Balaban J connectivity index is 1.55. The SMILES string of the molecule is Cc1ccc(NC(=O)CCCN2C(=O)/C(=C\c3ccccc3Cl)SC2=S)c(C)c1. The van der Waals surface area contributed by atoms with Gasteiger partial charge in [0.05, 0.1) is 4.91 Å². The molecule has 1 N–H and O–H groups in total. The fourth-order valence-electron chi connectivity index (χ4n) is 2.99.